The van der Waals surface area contributed by atoms with Gasteiger partial charge >= 0.3 is 0 Å². The molecule has 3 rings (SSSR count). The van der Waals surface area contributed by atoms with Crippen LogP contribution >= 0.6 is 23.2 Å². The first-order valence-electron chi connectivity index (χ1n) is 7.09. The first-order valence-corrected chi connectivity index (χ1v) is 8.00. The SMILES string of the molecule is CC1(Cl)C=CC2=C(C1)N(C(=O)CCl)c1ccccc1CC2. The lowest BCUT2D eigenvalue weighted by atomic mass is 9.92. The summed E-state index contributed by atoms with van der Waals surface area (Å²) in [6.07, 6.45) is 6.56. The van der Waals surface area contributed by atoms with E-state index in [1.54, 1.807) is 4.90 Å². The third kappa shape index (κ3) is 2.75. The normalized spacial score (nSPS) is 24.4. The summed E-state index contributed by atoms with van der Waals surface area (Å²) in [7, 11) is 0. The number of aryl methyl sites for hydroxylation is 1. The van der Waals surface area contributed by atoms with Gasteiger partial charge in [0.2, 0.25) is 5.91 Å². The molecule has 110 valence electrons. The highest BCUT2D eigenvalue weighted by Crippen LogP contribution is 2.40. The van der Waals surface area contributed by atoms with Gasteiger partial charge in [-0.25, -0.2) is 0 Å². The van der Waals surface area contributed by atoms with Crippen LogP contribution in [-0.4, -0.2) is 16.7 Å². The Balaban J connectivity index is 2.15. The molecule has 0 aromatic heterocycles. The van der Waals surface area contributed by atoms with Gasteiger partial charge in [-0.15, -0.1) is 23.2 Å². The van der Waals surface area contributed by atoms with E-state index in [0.717, 1.165) is 24.2 Å². The van der Waals surface area contributed by atoms with Crippen molar-refractivity contribution in [3.05, 3.63) is 53.3 Å². The van der Waals surface area contributed by atoms with Crippen molar-refractivity contribution in [1.82, 2.24) is 0 Å². The van der Waals surface area contributed by atoms with E-state index in [1.807, 2.05) is 31.2 Å². The number of carbonyl (C=O) groups excluding carboxylic acids is 1. The number of alkyl halides is 2. The van der Waals surface area contributed by atoms with Crippen LogP contribution in [0.5, 0.6) is 0 Å². The third-order valence-corrected chi connectivity index (χ3v) is 4.53. The molecule has 0 radical (unpaired) electrons. The van der Waals surface area contributed by atoms with E-state index < -0.39 is 4.87 Å². The predicted molar refractivity (Wildman–Crippen MR) is 88.0 cm³/mol. The highest BCUT2D eigenvalue weighted by molar-refractivity contribution is 6.30. The van der Waals surface area contributed by atoms with Gasteiger partial charge in [-0.2, -0.15) is 0 Å². The molecule has 1 aliphatic carbocycles. The lowest BCUT2D eigenvalue weighted by Gasteiger charge is -2.32. The molecule has 4 heteroatoms. The fourth-order valence-electron chi connectivity index (χ4n) is 3.02. The molecule has 0 N–H and O–H groups in total. The molecule has 0 saturated carbocycles. The van der Waals surface area contributed by atoms with Crippen LogP contribution < -0.4 is 4.90 Å². The van der Waals surface area contributed by atoms with E-state index >= 15 is 0 Å². The topological polar surface area (TPSA) is 20.3 Å². The minimum Gasteiger partial charge on any atom is -0.283 e. The van der Waals surface area contributed by atoms with Gasteiger partial charge in [0, 0.05) is 12.1 Å². The van der Waals surface area contributed by atoms with Crippen LogP contribution in [-0.2, 0) is 11.2 Å². The van der Waals surface area contributed by atoms with Crippen LogP contribution in [0.3, 0.4) is 0 Å². The zero-order chi connectivity index (χ0) is 15.0. The van der Waals surface area contributed by atoms with E-state index in [1.165, 1.54) is 11.1 Å². The molecule has 1 aromatic rings. The minimum atomic E-state index is -0.455. The van der Waals surface area contributed by atoms with Crippen LogP contribution in [0, 0.1) is 0 Å². The molecule has 1 atom stereocenters. The highest BCUT2D eigenvalue weighted by atomic mass is 35.5. The van der Waals surface area contributed by atoms with Crippen molar-refractivity contribution in [3.8, 4) is 0 Å². The second-order valence-electron chi connectivity index (χ2n) is 5.75. The molecule has 2 aliphatic rings. The Kier molecular flexibility index (Phi) is 3.85. The maximum Gasteiger partial charge on any atom is 0.246 e. The molecule has 0 bridgehead atoms. The molecule has 1 heterocycles. The summed E-state index contributed by atoms with van der Waals surface area (Å²) in [6.45, 7) is 1.97. The zero-order valence-corrected chi connectivity index (χ0v) is 13.4. The van der Waals surface area contributed by atoms with Crippen molar-refractivity contribution in [3.63, 3.8) is 0 Å². The Hall–Kier alpha value is -1.25. The van der Waals surface area contributed by atoms with Crippen molar-refractivity contribution in [2.24, 2.45) is 0 Å². The van der Waals surface area contributed by atoms with Crippen molar-refractivity contribution in [1.29, 1.82) is 0 Å². The molecule has 0 fully saturated rings. The number of rotatable bonds is 1. The number of hydrogen-bond acceptors (Lipinski definition) is 1. The number of halogens is 2. The third-order valence-electron chi connectivity index (χ3n) is 4.05. The monoisotopic (exact) mass is 321 g/mol. The lowest BCUT2D eigenvalue weighted by Crippen LogP contribution is -2.35. The van der Waals surface area contributed by atoms with E-state index in [4.69, 9.17) is 23.2 Å². The summed E-state index contributed by atoms with van der Waals surface area (Å²) < 4.78 is 0. The second kappa shape index (κ2) is 5.51. The van der Waals surface area contributed by atoms with Gasteiger partial charge in [0.15, 0.2) is 0 Å². The summed E-state index contributed by atoms with van der Waals surface area (Å²) >= 11 is 12.3. The summed E-state index contributed by atoms with van der Waals surface area (Å²) in [5.41, 5.74) is 4.29. The Morgan fingerprint density at radius 2 is 2.10 bits per heavy atom. The van der Waals surface area contributed by atoms with Crippen molar-refractivity contribution >= 4 is 34.8 Å². The van der Waals surface area contributed by atoms with Crippen LogP contribution in [0.2, 0.25) is 0 Å². The number of para-hydroxylation sites is 1. The summed E-state index contributed by atoms with van der Waals surface area (Å²) in [5.74, 6) is -0.130. The molecule has 0 saturated heterocycles. The van der Waals surface area contributed by atoms with Crippen molar-refractivity contribution in [2.75, 3.05) is 10.8 Å². The Labute approximate surface area is 135 Å². The molecular weight excluding hydrogens is 305 g/mol. The fraction of sp³-hybridized carbons (Fsp3) is 0.353. The van der Waals surface area contributed by atoms with Crippen LogP contribution in [0.25, 0.3) is 0 Å². The van der Waals surface area contributed by atoms with E-state index in [0.29, 0.717) is 6.42 Å². The van der Waals surface area contributed by atoms with Crippen molar-refractivity contribution in [2.45, 2.75) is 31.1 Å². The molecular formula is C17H17Cl2NO. The molecule has 0 spiro atoms. The lowest BCUT2D eigenvalue weighted by molar-refractivity contribution is -0.115. The highest BCUT2D eigenvalue weighted by Gasteiger charge is 2.33. The number of benzene rings is 1. The van der Waals surface area contributed by atoms with E-state index in [9.17, 15) is 4.79 Å². The first-order chi connectivity index (χ1) is 10.0. The predicted octanol–water partition coefficient (Wildman–Crippen LogP) is 4.42. The molecule has 1 amide bonds. The van der Waals surface area contributed by atoms with Crippen LogP contribution in [0.1, 0.15) is 25.3 Å². The molecule has 1 aromatic carbocycles. The number of amides is 1. The average Bonchev–Trinajstić information content (AvgIpc) is 2.62. The first kappa shape index (κ1) is 14.7. The molecule has 1 unspecified atom stereocenters. The fourth-order valence-corrected chi connectivity index (χ4v) is 3.33. The Bertz CT molecular complexity index is 646. The number of nitrogens with zero attached hydrogens (tertiary/aromatic N) is 1. The van der Waals surface area contributed by atoms with Gasteiger partial charge < -0.3 is 0 Å². The number of fused-ring (bicyclic) bond motifs is 1. The van der Waals surface area contributed by atoms with Gasteiger partial charge in [0.05, 0.1) is 10.6 Å². The number of carbonyl (C=O) groups is 1. The summed E-state index contributed by atoms with van der Waals surface area (Å²) in [4.78, 5) is 13.8. The van der Waals surface area contributed by atoms with Gasteiger partial charge in [0.1, 0.15) is 5.88 Å². The maximum absolute atomic E-state index is 12.4. The molecule has 21 heavy (non-hydrogen) atoms. The standard InChI is InChI=1S/C17H17Cl2NO/c1-17(19)9-8-13-7-6-12-4-2-3-5-14(12)20(15(13)10-17)16(21)11-18/h2-5,8-9H,6-7,10-11H2,1H3. The zero-order valence-electron chi connectivity index (χ0n) is 11.9. The average molecular weight is 322 g/mol. The minimum absolute atomic E-state index is 0.0339. The quantitative estimate of drug-likeness (QED) is 0.701. The van der Waals surface area contributed by atoms with Crippen LogP contribution in [0.4, 0.5) is 5.69 Å². The number of allylic oxidation sites excluding steroid dienone is 4. The van der Waals surface area contributed by atoms with Crippen LogP contribution in [0.15, 0.2) is 47.7 Å². The van der Waals surface area contributed by atoms with E-state index in [2.05, 4.69) is 12.1 Å². The molecule has 1 aliphatic heterocycles. The Morgan fingerprint density at radius 3 is 2.86 bits per heavy atom. The summed E-state index contributed by atoms with van der Waals surface area (Å²) in [5, 5.41) is 0. The van der Waals surface area contributed by atoms with Gasteiger partial charge in [-0.05, 0) is 37.0 Å². The largest absolute Gasteiger partial charge is 0.283 e. The number of anilines is 1. The summed E-state index contributed by atoms with van der Waals surface area (Å²) in [6, 6.07) is 8.02. The van der Waals surface area contributed by atoms with Crippen molar-refractivity contribution < 1.29 is 4.79 Å². The smallest absolute Gasteiger partial charge is 0.246 e. The number of hydrogen-bond donors (Lipinski definition) is 0. The Morgan fingerprint density at radius 1 is 1.33 bits per heavy atom. The second-order valence-corrected chi connectivity index (χ2v) is 6.88. The van der Waals surface area contributed by atoms with E-state index in [-0.39, 0.29) is 11.8 Å². The van der Waals surface area contributed by atoms with Gasteiger partial charge in [-0.1, -0.05) is 30.4 Å². The van der Waals surface area contributed by atoms with Gasteiger partial charge in [-0.3, -0.25) is 9.69 Å². The maximum atomic E-state index is 12.4. The van der Waals surface area contributed by atoms with Gasteiger partial charge in [0.25, 0.3) is 0 Å². The molecule has 2 nitrogen and oxygen atoms in total.